The van der Waals surface area contributed by atoms with Crippen molar-refractivity contribution in [3.63, 3.8) is 0 Å². The van der Waals surface area contributed by atoms with E-state index in [0.29, 0.717) is 24.3 Å². The topological polar surface area (TPSA) is 78.9 Å². The standard InChI is InChI=1S/C34H37F3N2O2.C2HF3O2/c1-22-17-23(2)24(3)32(18-22)41-16-14-25-7-9-27(10-8-25)30-13-15-38-20-31(30)33(40)39(29-11-12-29)21-26-5-4-6-28(19-26)34(35,36)37;3-2(4,5)1(6)7/h4-10,17-19,29,38H,11-16,20-21H2,1-3H3;(H,6,7). The summed E-state index contributed by atoms with van der Waals surface area (Å²) in [5.74, 6) is -1.92. The first kappa shape index (κ1) is 36.5. The van der Waals surface area contributed by atoms with Gasteiger partial charge < -0.3 is 20.1 Å². The number of amides is 1. The minimum Gasteiger partial charge on any atom is -0.493 e. The number of nitrogens with zero attached hydrogens (tertiary/aromatic N) is 1. The molecule has 0 radical (unpaired) electrons. The van der Waals surface area contributed by atoms with E-state index >= 15 is 0 Å². The number of benzene rings is 3. The molecule has 48 heavy (non-hydrogen) atoms. The molecule has 258 valence electrons. The number of rotatable bonds is 9. The van der Waals surface area contributed by atoms with Crippen LogP contribution in [-0.2, 0) is 28.7 Å². The van der Waals surface area contributed by atoms with Gasteiger partial charge in [-0.15, -0.1) is 0 Å². The predicted molar refractivity (Wildman–Crippen MR) is 169 cm³/mol. The van der Waals surface area contributed by atoms with E-state index in [4.69, 9.17) is 14.6 Å². The molecule has 1 amide bonds. The van der Waals surface area contributed by atoms with Crippen LogP contribution in [-0.4, -0.2) is 53.8 Å². The highest BCUT2D eigenvalue weighted by Gasteiger charge is 2.38. The van der Waals surface area contributed by atoms with Crippen LogP contribution < -0.4 is 10.1 Å². The highest BCUT2D eigenvalue weighted by atomic mass is 19.4. The van der Waals surface area contributed by atoms with Crippen molar-refractivity contribution in [2.24, 2.45) is 0 Å². The summed E-state index contributed by atoms with van der Waals surface area (Å²) in [4.78, 5) is 24.5. The van der Waals surface area contributed by atoms with Gasteiger partial charge in [-0.05, 0) is 104 Å². The number of alkyl halides is 6. The fraction of sp³-hybridized carbons (Fsp3) is 0.389. The smallest absolute Gasteiger partial charge is 0.490 e. The average molecular weight is 677 g/mol. The van der Waals surface area contributed by atoms with Gasteiger partial charge in [0.05, 0.1) is 12.2 Å². The van der Waals surface area contributed by atoms with Crippen LogP contribution in [0.25, 0.3) is 5.57 Å². The normalized spacial score (nSPS) is 15.0. The van der Waals surface area contributed by atoms with Crippen molar-refractivity contribution >= 4 is 17.4 Å². The molecule has 5 rings (SSSR count). The molecule has 1 saturated carbocycles. The van der Waals surface area contributed by atoms with Crippen LogP contribution in [0.2, 0.25) is 0 Å². The van der Waals surface area contributed by atoms with Gasteiger partial charge in [0.25, 0.3) is 5.91 Å². The molecule has 0 bridgehead atoms. The first-order valence-corrected chi connectivity index (χ1v) is 15.5. The van der Waals surface area contributed by atoms with Gasteiger partial charge in [-0.2, -0.15) is 26.3 Å². The van der Waals surface area contributed by atoms with Gasteiger partial charge in [-0.3, -0.25) is 4.79 Å². The zero-order valence-corrected chi connectivity index (χ0v) is 26.9. The molecule has 6 nitrogen and oxygen atoms in total. The van der Waals surface area contributed by atoms with Crippen LogP contribution in [0.4, 0.5) is 26.3 Å². The number of carboxylic acid groups (broad SMARTS) is 1. The van der Waals surface area contributed by atoms with Crippen molar-refractivity contribution < 1.29 is 45.8 Å². The van der Waals surface area contributed by atoms with Gasteiger partial charge in [0.2, 0.25) is 0 Å². The van der Waals surface area contributed by atoms with Crippen LogP contribution in [0.15, 0.2) is 66.2 Å². The Morgan fingerprint density at radius 2 is 1.60 bits per heavy atom. The van der Waals surface area contributed by atoms with Crippen LogP contribution in [0, 0.1) is 20.8 Å². The Balaban J connectivity index is 0.000000671. The third kappa shape index (κ3) is 9.85. The third-order valence-electron chi connectivity index (χ3n) is 8.29. The number of carbonyl (C=O) groups is 2. The molecule has 1 aliphatic carbocycles. The van der Waals surface area contributed by atoms with Crippen molar-refractivity contribution in [2.45, 2.75) is 71.4 Å². The van der Waals surface area contributed by atoms with E-state index in [2.05, 4.69) is 62.5 Å². The molecule has 3 aromatic carbocycles. The van der Waals surface area contributed by atoms with Gasteiger partial charge in [-0.25, -0.2) is 4.79 Å². The second-order valence-electron chi connectivity index (χ2n) is 12.0. The molecule has 0 saturated heterocycles. The van der Waals surface area contributed by atoms with E-state index in [1.165, 1.54) is 17.2 Å². The van der Waals surface area contributed by atoms with Gasteiger partial charge >= 0.3 is 18.3 Å². The second kappa shape index (κ2) is 15.3. The molecule has 3 aromatic rings. The second-order valence-corrected chi connectivity index (χ2v) is 12.0. The Hall–Kier alpha value is -4.32. The molecular weight excluding hydrogens is 638 g/mol. The van der Waals surface area contributed by atoms with E-state index in [9.17, 15) is 31.1 Å². The SMILES string of the molecule is Cc1cc(C)c(C)c(OCCc2ccc(C3=C(C(=O)N(Cc4cccc(C(F)(F)F)c4)C4CC4)CNCC3)cc2)c1.O=C(O)C(F)(F)F. The molecule has 0 unspecified atom stereocenters. The first-order valence-electron chi connectivity index (χ1n) is 15.5. The lowest BCUT2D eigenvalue weighted by molar-refractivity contribution is -0.192. The molecule has 0 spiro atoms. The fourth-order valence-corrected chi connectivity index (χ4v) is 5.48. The minimum atomic E-state index is -5.08. The Labute approximate surface area is 275 Å². The van der Waals surface area contributed by atoms with E-state index < -0.39 is 23.9 Å². The lowest BCUT2D eigenvalue weighted by atomic mass is 9.92. The Kier molecular flexibility index (Phi) is 11.6. The summed E-state index contributed by atoms with van der Waals surface area (Å²) in [7, 11) is 0. The number of hydrogen-bond donors (Lipinski definition) is 2. The quantitative estimate of drug-likeness (QED) is 0.226. The van der Waals surface area contributed by atoms with E-state index in [1.807, 2.05) is 0 Å². The number of ether oxygens (including phenoxy) is 1. The van der Waals surface area contributed by atoms with Gasteiger partial charge in [-0.1, -0.05) is 42.5 Å². The number of carboxylic acids is 1. The molecule has 1 aliphatic heterocycles. The monoisotopic (exact) mass is 676 g/mol. The lowest BCUT2D eigenvalue weighted by Crippen LogP contribution is -2.39. The maximum Gasteiger partial charge on any atom is 0.490 e. The highest BCUT2D eigenvalue weighted by Crippen LogP contribution is 2.34. The van der Waals surface area contributed by atoms with Crippen molar-refractivity contribution in [1.29, 1.82) is 0 Å². The molecular formula is C36H38F6N2O4. The Morgan fingerprint density at radius 1 is 0.938 bits per heavy atom. The summed E-state index contributed by atoms with van der Waals surface area (Å²) < 4.78 is 77.7. The van der Waals surface area contributed by atoms with Crippen molar-refractivity contribution in [3.05, 3.63) is 105 Å². The van der Waals surface area contributed by atoms with Crippen LogP contribution in [0.5, 0.6) is 5.75 Å². The van der Waals surface area contributed by atoms with E-state index in [-0.39, 0.29) is 18.5 Å². The Morgan fingerprint density at radius 3 is 2.21 bits per heavy atom. The van der Waals surface area contributed by atoms with Crippen molar-refractivity contribution in [3.8, 4) is 5.75 Å². The van der Waals surface area contributed by atoms with Gasteiger partial charge in [0, 0.05) is 31.1 Å². The highest BCUT2D eigenvalue weighted by molar-refractivity contribution is 6.02. The third-order valence-corrected chi connectivity index (χ3v) is 8.29. The summed E-state index contributed by atoms with van der Waals surface area (Å²) in [6.07, 6.45) is -6.26. The molecule has 12 heteroatoms. The molecule has 1 heterocycles. The van der Waals surface area contributed by atoms with Crippen molar-refractivity contribution in [1.82, 2.24) is 10.2 Å². The lowest BCUT2D eigenvalue weighted by Gasteiger charge is -2.28. The maximum atomic E-state index is 13.9. The van der Waals surface area contributed by atoms with Gasteiger partial charge in [0.15, 0.2) is 0 Å². The van der Waals surface area contributed by atoms with Crippen molar-refractivity contribution in [2.75, 3.05) is 19.7 Å². The van der Waals surface area contributed by atoms with E-state index in [1.54, 1.807) is 11.0 Å². The van der Waals surface area contributed by atoms with Crippen LogP contribution in [0.3, 0.4) is 0 Å². The average Bonchev–Trinajstić information content (AvgIpc) is 3.87. The molecule has 1 fully saturated rings. The number of halogens is 6. The summed E-state index contributed by atoms with van der Waals surface area (Å²) >= 11 is 0. The maximum absolute atomic E-state index is 13.9. The minimum absolute atomic E-state index is 0.0657. The van der Waals surface area contributed by atoms with E-state index in [0.717, 1.165) is 72.4 Å². The Bertz CT molecular complexity index is 1640. The zero-order chi connectivity index (χ0) is 35.2. The largest absolute Gasteiger partial charge is 0.493 e. The zero-order valence-electron chi connectivity index (χ0n) is 26.9. The summed E-state index contributed by atoms with van der Waals surface area (Å²) in [5, 5.41) is 10.4. The molecule has 0 atom stereocenters. The van der Waals surface area contributed by atoms with Crippen LogP contribution in [0.1, 0.15) is 58.2 Å². The van der Waals surface area contributed by atoms with Gasteiger partial charge in [0.1, 0.15) is 5.75 Å². The molecule has 0 aromatic heterocycles. The fourth-order valence-electron chi connectivity index (χ4n) is 5.48. The summed E-state index contributed by atoms with van der Waals surface area (Å²) in [6, 6.07) is 17.9. The number of aryl methyl sites for hydroxylation is 2. The first-order chi connectivity index (χ1) is 22.5. The predicted octanol–water partition coefficient (Wildman–Crippen LogP) is 7.82. The summed E-state index contributed by atoms with van der Waals surface area (Å²) in [6.45, 7) is 8.21. The molecule has 2 N–H and O–H groups in total. The summed E-state index contributed by atoms with van der Waals surface area (Å²) in [5.41, 5.74) is 7.26. The van der Waals surface area contributed by atoms with Crippen LogP contribution >= 0.6 is 0 Å². The number of aliphatic carboxylic acids is 1. The molecule has 2 aliphatic rings. The number of hydrogen-bond acceptors (Lipinski definition) is 4. The number of carbonyl (C=O) groups excluding carboxylic acids is 1. The number of nitrogens with one attached hydrogen (secondary N) is 1.